The van der Waals surface area contributed by atoms with Gasteiger partial charge in [0.1, 0.15) is 0 Å². The average Bonchev–Trinajstić information content (AvgIpc) is 2.01. The van der Waals surface area contributed by atoms with Gasteiger partial charge in [0.05, 0.1) is 16.1 Å². The van der Waals surface area contributed by atoms with Gasteiger partial charge in [-0.1, -0.05) is 17.7 Å². The van der Waals surface area contributed by atoms with Crippen molar-refractivity contribution in [1.29, 1.82) is 0 Å². The molecule has 0 fully saturated rings. The summed E-state index contributed by atoms with van der Waals surface area (Å²) in [6, 6.07) is 2.74. The number of carboxylic acid groups (broad SMARTS) is 1. The molecule has 0 aromatic heterocycles. The molecule has 0 amide bonds. The molecular weight excluding hydrogens is 256 g/mol. The Labute approximate surface area is 94.1 Å². The third-order valence-corrected chi connectivity index (χ3v) is 1.94. The zero-order chi connectivity index (χ0) is 10.9. The zero-order valence-corrected chi connectivity index (χ0v) is 8.58. The summed E-state index contributed by atoms with van der Waals surface area (Å²) in [7, 11) is 0. The lowest BCUT2D eigenvalue weighted by atomic mass is 10.1. The second-order valence-corrected chi connectivity index (χ2v) is 2.85. The summed E-state index contributed by atoms with van der Waals surface area (Å²) in [4.78, 5) is 10.4. The lowest BCUT2D eigenvalue weighted by molar-refractivity contribution is -0.137. The van der Waals surface area contributed by atoms with Crippen LogP contribution in [0.1, 0.15) is 15.9 Å². The van der Waals surface area contributed by atoms with Crippen molar-refractivity contribution in [2.75, 3.05) is 0 Å². The summed E-state index contributed by atoms with van der Waals surface area (Å²) in [6.07, 6.45) is -4.64. The zero-order valence-electron chi connectivity index (χ0n) is 7.01. The van der Waals surface area contributed by atoms with Crippen LogP contribution in [-0.2, 0) is 6.18 Å². The topological polar surface area (TPSA) is 37.3 Å². The molecule has 0 aliphatic carbocycles. The molecule has 15 heavy (non-hydrogen) atoms. The Kier molecular flexibility index (Phi) is 4.42. The minimum atomic E-state index is -4.64. The smallest absolute Gasteiger partial charge is 0.417 e. The van der Waals surface area contributed by atoms with Crippen LogP contribution in [0.25, 0.3) is 0 Å². The minimum Gasteiger partial charge on any atom is -0.478 e. The molecule has 7 heteroatoms. The van der Waals surface area contributed by atoms with Crippen molar-refractivity contribution in [1.82, 2.24) is 0 Å². The van der Waals surface area contributed by atoms with E-state index in [0.717, 1.165) is 18.2 Å². The van der Waals surface area contributed by atoms with Crippen molar-refractivity contribution in [3.8, 4) is 0 Å². The predicted octanol–water partition coefficient (Wildman–Crippen LogP) is 3.48. The highest BCUT2D eigenvalue weighted by Gasteiger charge is 2.34. The lowest BCUT2D eigenvalue weighted by Crippen LogP contribution is -2.09. The molecule has 0 aliphatic heterocycles. The quantitative estimate of drug-likeness (QED) is 0.840. The van der Waals surface area contributed by atoms with Crippen LogP contribution in [0.3, 0.4) is 0 Å². The van der Waals surface area contributed by atoms with E-state index in [0.29, 0.717) is 0 Å². The summed E-state index contributed by atoms with van der Waals surface area (Å²) in [5, 5.41) is 7.72. The van der Waals surface area contributed by atoms with Crippen LogP contribution in [0.15, 0.2) is 18.2 Å². The monoisotopic (exact) mass is 260 g/mol. The summed E-state index contributed by atoms with van der Waals surface area (Å²) in [5.74, 6) is -1.49. The molecule has 1 N–H and O–H groups in total. The number of carbonyl (C=O) groups is 1. The number of benzene rings is 1. The second-order valence-electron chi connectivity index (χ2n) is 2.47. The fraction of sp³-hybridized carbons (Fsp3) is 0.125. The van der Waals surface area contributed by atoms with Gasteiger partial charge in [0.25, 0.3) is 0 Å². The SMILES string of the molecule is Cl.O=C(O)c1cccc(C(F)(F)F)c1Cl. The molecule has 0 bridgehead atoms. The van der Waals surface area contributed by atoms with E-state index in [9.17, 15) is 18.0 Å². The van der Waals surface area contributed by atoms with Gasteiger partial charge in [-0.05, 0) is 12.1 Å². The first-order chi connectivity index (χ1) is 6.34. The standard InChI is InChI=1S/C8H4ClF3O2.ClH/c9-6-4(7(13)14)2-1-3-5(6)8(10,11)12;/h1-3H,(H,13,14);1H. The number of halogens is 5. The van der Waals surface area contributed by atoms with Gasteiger partial charge >= 0.3 is 12.1 Å². The van der Waals surface area contributed by atoms with E-state index < -0.39 is 28.3 Å². The van der Waals surface area contributed by atoms with Gasteiger partial charge < -0.3 is 5.11 Å². The maximum Gasteiger partial charge on any atom is 0.417 e. The number of rotatable bonds is 1. The van der Waals surface area contributed by atoms with Crippen molar-refractivity contribution in [2.45, 2.75) is 6.18 Å². The van der Waals surface area contributed by atoms with Crippen molar-refractivity contribution in [2.24, 2.45) is 0 Å². The van der Waals surface area contributed by atoms with Crippen LogP contribution in [0, 0.1) is 0 Å². The van der Waals surface area contributed by atoms with Crippen LogP contribution in [-0.4, -0.2) is 11.1 Å². The van der Waals surface area contributed by atoms with Crippen LogP contribution >= 0.6 is 24.0 Å². The summed E-state index contributed by atoms with van der Waals surface area (Å²) in [6.45, 7) is 0. The molecule has 0 spiro atoms. The van der Waals surface area contributed by atoms with Crippen LogP contribution in [0.5, 0.6) is 0 Å². The first-order valence-electron chi connectivity index (χ1n) is 3.43. The summed E-state index contributed by atoms with van der Waals surface area (Å²) < 4.78 is 36.6. The molecule has 1 rings (SSSR count). The van der Waals surface area contributed by atoms with Gasteiger partial charge in [-0.2, -0.15) is 13.2 Å². The molecule has 0 unspecified atom stereocenters. The molecule has 0 saturated heterocycles. The van der Waals surface area contributed by atoms with Crippen LogP contribution in [0.4, 0.5) is 13.2 Å². The van der Waals surface area contributed by atoms with Crippen molar-refractivity contribution in [3.63, 3.8) is 0 Å². The number of alkyl halides is 3. The van der Waals surface area contributed by atoms with Gasteiger partial charge in [0, 0.05) is 0 Å². The number of aromatic carboxylic acids is 1. The highest BCUT2D eigenvalue weighted by Crippen LogP contribution is 2.36. The number of carboxylic acids is 1. The minimum absolute atomic E-state index is 0. The molecule has 2 nitrogen and oxygen atoms in total. The van der Waals surface area contributed by atoms with E-state index >= 15 is 0 Å². The van der Waals surface area contributed by atoms with Crippen molar-refractivity contribution >= 4 is 30.0 Å². The summed E-state index contributed by atoms with van der Waals surface area (Å²) >= 11 is 5.29. The van der Waals surface area contributed by atoms with E-state index in [4.69, 9.17) is 16.7 Å². The molecule has 0 aliphatic rings. The van der Waals surface area contributed by atoms with Crippen molar-refractivity contribution in [3.05, 3.63) is 34.3 Å². The van der Waals surface area contributed by atoms with Gasteiger partial charge in [0.15, 0.2) is 0 Å². The van der Waals surface area contributed by atoms with Crippen LogP contribution in [0.2, 0.25) is 5.02 Å². The Balaban J connectivity index is 0.00000196. The highest BCUT2D eigenvalue weighted by molar-refractivity contribution is 6.34. The third kappa shape index (κ3) is 3.00. The highest BCUT2D eigenvalue weighted by atomic mass is 35.5. The fourth-order valence-corrected chi connectivity index (χ4v) is 1.23. The molecule has 84 valence electrons. The maximum absolute atomic E-state index is 12.2. The number of hydrogen-bond acceptors (Lipinski definition) is 1. The average molecular weight is 261 g/mol. The molecule has 0 heterocycles. The van der Waals surface area contributed by atoms with E-state index in [1.165, 1.54) is 0 Å². The van der Waals surface area contributed by atoms with Crippen LogP contribution < -0.4 is 0 Å². The molecule has 0 saturated carbocycles. The van der Waals surface area contributed by atoms with Gasteiger partial charge in [-0.25, -0.2) is 4.79 Å². The first-order valence-corrected chi connectivity index (χ1v) is 3.81. The third-order valence-electron chi connectivity index (χ3n) is 1.53. The Morgan fingerprint density at radius 2 is 1.87 bits per heavy atom. The summed E-state index contributed by atoms with van der Waals surface area (Å²) in [5.41, 5.74) is -1.69. The largest absolute Gasteiger partial charge is 0.478 e. The fourth-order valence-electron chi connectivity index (χ4n) is 0.916. The lowest BCUT2D eigenvalue weighted by Gasteiger charge is -2.09. The predicted molar refractivity (Wildman–Crippen MR) is 50.7 cm³/mol. The normalized spacial score (nSPS) is 10.7. The maximum atomic E-state index is 12.2. The Morgan fingerprint density at radius 1 is 1.33 bits per heavy atom. The van der Waals surface area contributed by atoms with E-state index in [-0.39, 0.29) is 12.4 Å². The molecular formula is C8H5Cl2F3O2. The Hall–Kier alpha value is -0.940. The first kappa shape index (κ1) is 14.1. The van der Waals surface area contributed by atoms with Gasteiger partial charge in [-0.3, -0.25) is 0 Å². The van der Waals surface area contributed by atoms with Crippen molar-refractivity contribution < 1.29 is 23.1 Å². The Morgan fingerprint density at radius 3 is 2.27 bits per heavy atom. The number of hydrogen-bond donors (Lipinski definition) is 1. The van der Waals surface area contributed by atoms with Gasteiger partial charge in [-0.15, -0.1) is 12.4 Å². The van der Waals surface area contributed by atoms with Gasteiger partial charge in [0.2, 0.25) is 0 Å². The molecule has 1 aromatic rings. The second kappa shape index (κ2) is 4.72. The van der Waals surface area contributed by atoms with E-state index in [2.05, 4.69) is 0 Å². The van der Waals surface area contributed by atoms with E-state index in [1.54, 1.807) is 0 Å². The van der Waals surface area contributed by atoms with E-state index in [1.807, 2.05) is 0 Å². The molecule has 0 atom stereocenters. The Bertz CT molecular complexity index is 377. The molecule has 1 aromatic carbocycles. The molecule has 0 radical (unpaired) electrons.